The van der Waals surface area contributed by atoms with Gasteiger partial charge in [0.1, 0.15) is 5.82 Å². The first kappa shape index (κ1) is 9.57. The van der Waals surface area contributed by atoms with Crippen LogP contribution in [0.25, 0.3) is 0 Å². The zero-order valence-electron chi connectivity index (χ0n) is 6.88. The van der Waals surface area contributed by atoms with Gasteiger partial charge in [-0.25, -0.2) is 4.39 Å². The Hall–Kier alpha value is -1.52. The molecule has 13 heavy (non-hydrogen) atoms. The monoisotopic (exact) mass is 187 g/mol. The van der Waals surface area contributed by atoms with Gasteiger partial charge in [0.25, 0.3) is 0 Å². The molecular weight excluding hydrogens is 180 g/mol. The number of nitro benzene ring substituents is 1. The van der Waals surface area contributed by atoms with E-state index >= 15 is 0 Å². The van der Waals surface area contributed by atoms with Gasteiger partial charge in [-0.15, -0.1) is 0 Å². The third kappa shape index (κ3) is 1.80. The molecule has 0 spiro atoms. The molecule has 1 aromatic carbocycles. The molecule has 0 aliphatic heterocycles. The van der Waals surface area contributed by atoms with Gasteiger partial charge in [0.05, 0.1) is 11.0 Å². The molecule has 0 amide bonds. The van der Waals surface area contributed by atoms with Crippen molar-refractivity contribution in [1.82, 2.24) is 0 Å². The van der Waals surface area contributed by atoms with Crippen LogP contribution in [0.3, 0.4) is 0 Å². The Bertz CT molecular complexity index is 352. The Morgan fingerprint density at radius 1 is 1.38 bits per heavy atom. The molecule has 1 aromatic rings. The fourth-order valence-corrected chi connectivity index (χ4v) is 0.988. The smallest absolute Gasteiger partial charge is 0.258 e. The summed E-state index contributed by atoms with van der Waals surface area (Å²) in [6.07, 6.45) is 0.306. The summed E-state index contributed by atoms with van der Waals surface area (Å²) >= 11 is 0. The van der Waals surface area contributed by atoms with Gasteiger partial charge < -0.3 is 0 Å². The van der Waals surface area contributed by atoms with Crippen LogP contribution in [0.2, 0.25) is 0 Å². The van der Waals surface area contributed by atoms with Crippen molar-refractivity contribution in [3.05, 3.63) is 39.4 Å². The summed E-state index contributed by atoms with van der Waals surface area (Å²) in [5.41, 5.74) is -0.683. The molecule has 0 atom stereocenters. The number of rotatable bonds is 2. The highest BCUT2D eigenvalue weighted by Gasteiger charge is 2.17. The Kier molecular flexibility index (Phi) is 2.55. The summed E-state index contributed by atoms with van der Waals surface area (Å²) in [6, 6.07) is 1.46. The first-order valence-corrected chi connectivity index (χ1v) is 3.68. The first-order valence-electron chi connectivity index (χ1n) is 3.68. The van der Waals surface area contributed by atoms with E-state index in [-0.39, 0.29) is 5.56 Å². The van der Waals surface area contributed by atoms with Crippen molar-refractivity contribution in [2.45, 2.75) is 13.3 Å². The second-order valence-corrected chi connectivity index (χ2v) is 2.51. The molecule has 0 aliphatic carbocycles. The highest BCUT2D eigenvalue weighted by molar-refractivity contribution is 5.36. The van der Waals surface area contributed by atoms with Crippen LogP contribution in [0.1, 0.15) is 12.5 Å². The molecular formula is C8H7F2NO2. The third-order valence-electron chi connectivity index (χ3n) is 1.69. The number of nitro groups is 1. The zero-order valence-corrected chi connectivity index (χ0v) is 6.88. The van der Waals surface area contributed by atoms with E-state index in [0.717, 1.165) is 6.07 Å². The fourth-order valence-electron chi connectivity index (χ4n) is 0.988. The van der Waals surface area contributed by atoms with Crippen molar-refractivity contribution in [1.29, 1.82) is 0 Å². The first-order chi connectivity index (χ1) is 6.06. The lowest BCUT2D eigenvalue weighted by atomic mass is 10.1. The van der Waals surface area contributed by atoms with Crippen LogP contribution in [0, 0.1) is 21.7 Å². The van der Waals surface area contributed by atoms with Gasteiger partial charge in [0.15, 0.2) is 0 Å². The molecule has 0 aliphatic rings. The van der Waals surface area contributed by atoms with E-state index in [1.165, 1.54) is 0 Å². The van der Waals surface area contributed by atoms with Gasteiger partial charge in [-0.05, 0) is 18.1 Å². The number of nitrogens with zero attached hydrogens (tertiary/aromatic N) is 1. The van der Waals surface area contributed by atoms with Gasteiger partial charge in [-0.2, -0.15) is 4.39 Å². The van der Waals surface area contributed by atoms with Crippen molar-refractivity contribution in [2.24, 2.45) is 0 Å². The SMILES string of the molecule is CCc1cc(F)c([N+](=O)[O-])cc1F. The minimum absolute atomic E-state index is 0.142. The van der Waals surface area contributed by atoms with Gasteiger partial charge in [-0.3, -0.25) is 10.1 Å². The van der Waals surface area contributed by atoms with Crippen molar-refractivity contribution < 1.29 is 13.7 Å². The van der Waals surface area contributed by atoms with Crippen LogP contribution >= 0.6 is 0 Å². The lowest BCUT2D eigenvalue weighted by Crippen LogP contribution is -1.97. The molecule has 5 heteroatoms. The molecule has 0 N–H and O–H groups in total. The summed E-state index contributed by atoms with van der Waals surface area (Å²) in [7, 11) is 0. The number of hydrogen-bond acceptors (Lipinski definition) is 2. The predicted octanol–water partition coefficient (Wildman–Crippen LogP) is 2.44. The summed E-state index contributed by atoms with van der Waals surface area (Å²) < 4.78 is 25.8. The Morgan fingerprint density at radius 2 is 2.00 bits per heavy atom. The maximum atomic E-state index is 12.9. The van der Waals surface area contributed by atoms with Gasteiger partial charge in [0, 0.05) is 0 Å². The number of halogens is 2. The second kappa shape index (κ2) is 3.47. The third-order valence-corrected chi connectivity index (χ3v) is 1.69. The minimum atomic E-state index is -0.997. The molecule has 0 heterocycles. The van der Waals surface area contributed by atoms with Crippen LogP contribution in [0.15, 0.2) is 12.1 Å². The van der Waals surface area contributed by atoms with E-state index < -0.39 is 22.2 Å². The summed E-state index contributed by atoms with van der Waals surface area (Å²) in [4.78, 5) is 9.23. The van der Waals surface area contributed by atoms with Crippen molar-refractivity contribution in [2.75, 3.05) is 0 Å². The highest BCUT2D eigenvalue weighted by Crippen LogP contribution is 2.21. The van der Waals surface area contributed by atoms with Crippen LogP contribution in [-0.2, 0) is 6.42 Å². The van der Waals surface area contributed by atoms with Crippen LogP contribution in [-0.4, -0.2) is 4.92 Å². The molecule has 0 unspecified atom stereocenters. The Balaban J connectivity index is 3.28. The summed E-state index contributed by atoms with van der Waals surface area (Å²) in [5.74, 6) is -1.74. The van der Waals surface area contributed by atoms with E-state index in [1.54, 1.807) is 6.92 Å². The average molecular weight is 187 g/mol. The van der Waals surface area contributed by atoms with Crippen molar-refractivity contribution in [3.8, 4) is 0 Å². The molecule has 3 nitrogen and oxygen atoms in total. The summed E-state index contributed by atoms with van der Waals surface area (Å²) in [6.45, 7) is 1.64. The standard InChI is InChI=1S/C8H7F2NO2/c1-2-5-3-7(10)8(11(12)13)4-6(5)9/h3-4H,2H2,1H3. The Labute approximate surface area is 73.1 Å². The predicted molar refractivity (Wildman–Crippen MR) is 42.4 cm³/mol. The number of benzene rings is 1. The normalized spacial score (nSPS) is 10.1. The highest BCUT2D eigenvalue weighted by atomic mass is 19.1. The zero-order chi connectivity index (χ0) is 10.0. The molecule has 0 aromatic heterocycles. The summed E-state index contributed by atoms with van der Waals surface area (Å²) in [5, 5.41) is 10.2. The van der Waals surface area contributed by atoms with Crippen LogP contribution < -0.4 is 0 Å². The van der Waals surface area contributed by atoms with Crippen molar-refractivity contribution in [3.63, 3.8) is 0 Å². The molecule has 0 radical (unpaired) electrons. The molecule has 0 bridgehead atoms. The van der Waals surface area contributed by atoms with Gasteiger partial charge >= 0.3 is 5.69 Å². The van der Waals surface area contributed by atoms with E-state index in [1.807, 2.05) is 0 Å². The van der Waals surface area contributed by atoms with Crippen molar-refractivity contribution >= 4 is 5.69 Å². The van der Waals surface area contributed by atoms with E-state index in [4.69, 9.17) is 0 Å². The van der Waals surface area contributed by atoms with E-state index in [0.29, 0.717) is 12.5 Å². The minimum Gasteiger partial charge on any atom is -0.258 e. The van der Waals surface area contributed by atoms with E-state index in [9.17, 15) is 18.9 Å². The maximum Gasteiger partial charge on any atom is 0.307 e. The lowest BCUT2D eigenvalue weighted by molar-refractivity contribution is -0.387. The lowest BCUT2D eigenvalue weighted by Gasteiger charge is -1.99. The fraction of sp³-hybridized carbons (Fsp3) is 0.250. The van der Waals surface area contributed by atoms with Gasteiger partial charge in [-0.1, -0.05) is 6.92 Å². The molecule has 1 rings (SSSR count). The maximum absolute atomic E-state index is 12.9. The number of aryl methyl sites for hydroxylation is 1. The van der Waals surface area contributed by atoms with E-state index in [2.05, 4.69) is 0 Å². The molecule has 0 fully saturated rings. The quantitative estimate of drug-likeness (QED) is 0.527. The molecule has 0 saturated heterocycles. The van der Waals surface area contributed by atoms with Crippen LogP contribution in [0.5, 0.6) is 0 Å². The van der Waals surface area contributed by atoms with Gasteiger partial charge in [0.2, 0.25) is 5.82 Å². The average Bonchev–Trinajstić information content (AvgIpc) is 2.07. The largest absolute Gasteiger partial charge is 0.307 e. The second-order valence-electron chi connectivity index (χ2n) is 2.51. The Morgan fingerprint density at radius 3 is 2.46 bits per heavy atom. The van der Waals surface area contributed by atoms with Crippen LogP contribution in [0.4, 0.5) is 14.5 Å². The topological polar surface area (TPSA) is 43.1 Å². The molecule has 0 saturated carbocycles. The molecule has 70 valence electrons. The number of hydrogen-bond donors (Lipinski definition) is 0.